The Hall–Kier alpha value is -3.00. The first-order valence-electron chi connectivity index (χ1n) is 8.39. The molecule has 3 rings (SSSR count). The van der Waals surface area contributed by atoms with Gasteiger partial charge in [0.05, 0.1) is 19.4 Å². The van der Waals surface area contributed by atoms with Crippen LogP contribution in [0.15, 0.2) is 59.8 Å². The van der Waals surface area contributed by atoms with Crippen LogP contribution in [0.3, 0.4) is 0 Å². The molecule has 0 aliphatic heterocycles. The molecule has 0 saturated heterocycles. The third kappa shape index (κ3) is 5.75. The van der Waals surface area contributed by atoms with E-state index in [0.717, 1.165) is 17.1 Å². The molecule has 8 heteroatoms. The van der Waals surface area contributed by atoms with Gasteiger partial charge in [-0.2, -0.15) is 0 Å². The van der Waals surface area contributed by atoms with Crippen LogP contribution < -0.4 is 14.8 Å². The van der Waals surface area contributed by atoms with Gasteiger partial charge in [0.2, 0.25) is 11.1 Å². The first-order valence-corrected chi connectivity index (χ1v) is 9.37. The van der Waals surface area contributed by atoms with Crippen molar-refractivity contribution in [3.05, 3.63) is 54.6 Å². The number of para-hydroxylation sites is 1. The summed E-state index contributed by atoms with van der Waals surface area (Å²) in [5.41, 5.74) is 0.901. The zero-order valence-corrected chi connectivity index (χ0v) is 15.7. The van der Waals surface area contributed by atoms with Crippen LogP contribution in [0.4, 0.5) is 0 Å². The Labute approximate surface area is 161 Å². The van der Waals surface area contributed by atoms with Gasteiger partial charge in [0.15, 0.2) is 5.82 Å². The van der Waals surface area contributed by atoms with Crippen molar-refractivity contribution in [1.82, 2.24) is 20.5 Å². The summed E-state index contributed by atoms with van der Waals surface area (Å²) < 4.78 is 10.7. The van der Waals surface area contributed by atoms with Gasteiger partial charge in [-0.05, 0) is 36.4 Å². The molecular weight excluding hydrogens is 364 g/mol. The summed E-state index contributed by atoms with van der Waals surface area (Å²) in [5.74, 6) is 2.36. The van der Waals surface area contributed by atoms with E-state index in [4.69, 9.17) is 9.47 Å². The highest BCUT2D eigenvalue weighted by molar-refractivity contribution is 7.99. The molecule has 1 aromatic heterocycles. The lowest BCUT2D eigenvalue weighted by Crippen LogP contribution is -2.29. The van der Waals surface area contributed by atoms with Crippen LogP contribution in [0.25, 0.3) is 11.4 Å². The number of aromatic nitrogens is 3. The highest BCUT2D eigenvalue weighted by Gasteiger charge is 2.09. The number of nitrogens with one attached hydrogen (secondary N) is 2. The third-order valence-corrected chi connectivity index (χ3v) is 4.44. The second-order valence-electron chi connectivity index (χ2n) is 5.50. The van der Waals surface area contributed by atoms with Gasteiger partial charge in [-0.15, -0.1) is 5.10 Å². The van der Waals surface area contributed by atoms with Gasteiger partial charge in [-0.25, -0.2) is 4.98 Å². The lowest BCUT2D eigenvalue weighted by molar-refractivity contribution is -0.118. The largest absolute Gasteiger partial charge is 0.497 e. The minimum Gasteiger partial charge on any atom is -0.497 e. The number of aromatic amines is 1. The number of methoxy groups -OCH3 is 1. The van der Waals surface area contributed by atoms with Crippen molar-refractivity contribution in [2.75, 3.05) is 26.0 Å². The Morgan fingerprint density at radius 3 is 2.63 bits per heavy atom. The number of benzene rings is 2. The van der Waals surface area contributed by atoms with E-state index in [-0.39, 0.29) is 11.7 Å². The molecule has 0 aliphatic rings. The summed E-state index contributed by atoms with van der Waals surface area (Å²) in [6, 6.07) is 17.0. The number of rotatable bonds is 9. The predicted molar refractivity (Wildman–Crippen MR) is 104 cm³/mol. The molecule has 0 bridgehead atoms. The van der Waals surface area contributed by atoms with E-state index in [1.165, 1.54) is 11.8 Å². The van der Waals surface area contributed by atoms with E-state index in [0.29, 0.717) is 24.1 Å². The molecule has 1 amide bonds. The highest BCUT2D eigenvalue weighted by Crippen LogP contribution is 2.21. The molecule has 27 heavy (non-hydrogen) atoms. The second kappa shape index (κ2) is 9.63. The van der Waals surface area contributed by atoms with Gasteiger partial charge >= 0.3 is 0 Å². The van der Waals surface area contributed by atoms with Crippen molar-refractivity contribution in [2.45, 2.75) is 5.16 Å². The number of thioether (sulfide) groups is 1. The zero-order chi connectivity index (χ0) is 18.9. The molecule has 140 valence electrons. The van der Waals surface area contributed by atoms with Gasteiger partial charge in [0.1, 0.15) is 18.1 Å². The molecule has 0 unspecified atom stereocenters. The molecule has 0 fully saturated rings. The Kier molecular flexibility index (Phi) is 6.70. The molecule has 0 atom stereocenters. The predicted octanol–water partition coefficient (Wildman–Crippen LogP) is 2.77. The van der Waals surface area contributed by atoms with Gasteiger partial charge in [-0.3, -0.25) is 9.89 Å². The molecule has 0 aliphatic carbocycles. The Morgan fingerprint density at radius 2 is 1.89 bits per heavy atom. The maximum absolute atomic E-state index is 11.9. The van der Waals surface area contributed by atoms with Crippen molar-refractivity contribution in [2.24, 2.45) is 0 Å². The topological polar surface area (TPSA) is 89.1 Å². The fourth-order valence-corrected chi connectivity index (χ4v) is 2.87. The Morgan fingerprint density at radius 1 is 1.11 bits per heavy atom. The van der Waals surface area contributed by atoms with Crippen LogP contribution in [0.2, 0.25) is 0 Å². The van der Waals surface area contributed by atoms with E-state index in [1.807, 2.05) is 54.6 Å². The number of hydrogen-bond acceptors (Lipinski definition) is 6. The van der Waals surface area contributed by atoms with Gasteiger partial charge < -0.3 is 14.8 Å². The number of hydrogen-bond donors (Lipinski definition) is 2. The SMILES string of the molecule is COc1ccc(-c2nc(SCC(=O)NCCOc3ccccc3)n[nH]2)cc1. The molecule has 1 heterocycles. The number of carbonyl (C=O) groups excluding carboxylic acids is 1. The monoisotopic (exact) mass is 384 g/mol. The summed E-state index contributed by atoms with van der Waals surface area (Å²) in [6.45, 7) is 0.863. The Balaban J connectivity index is 1.39. The molecule has 2 N–H and O–H groups in total. The fraction of sp³-hybridized carbons (Fsp3) is 0.211. The number of amides is 1. The molecule has 0 spiro atoms. The van der Waals surface area contributed by atoms with Crippen molar-refractivity contribution >= 4 is 17.7 Å². The van der Waals surface area contributed by atoms with Crippen molar-refractivity contribution in [3.63, 3.8) is 0 Å². The minimum absolute atomic E-state index is 0.0903. The maximum atomic E-state index is 11.9. The molecule has 0 radical (unpaired) electrons. The van der Waals surface area contributed by atoms with Gasteiger partial charge in [0, 0.05) is 5.56 Å². The fourth-order valence-electron chi connectivity index (χ4n) is 2.25. The maximum Gasteiger partial charge on any atom is 0.230 e. The van der Waals surface area contributed by atoms with Crippen LogP contribution in [0, 0.1) is 0 Å². The Bertz CT molecular complexity index is 853. The smallest absolute Gasteiger partial charge is 0.230 e. The zero-order valence-electron chi connectivity index (χ0n) is 14.8. The first-order chi connectivity index (χ1) is 13.2. The van der Waals surface area contributed by atoms with Gasteiger partial charge in [0.25, 0.3) is 0 Å². The van der Waals surface area contributed by atoms with Crippen molar-refractivity contribution in [1.29, 1.82) is 0 Å². The highest BCUT2D eigenvalue weighted by atomic mass is 32.2. The van der Waals surface area contributed by atoms with E-state index < -0.39 is 0 Å². The summed E-state index contributed by atoms with van der Waals surface area (Å²) >= 11 is 1.28. The average Bonchev–Trinajstić information content (AvgIpc) is 3.19. The number of H-pyrrole nitrogens is 1. The lowest BCUT2D eigenvalue weighted by Gasteiger charge is -2.06. The normalized spacial score (nSPS) is 10.4. The van der Waals surface area contributed by atoms with Crippen LogP contribution in [0.5, 0.6) is 11.5 Å². The van der Waals surface area contributed by atoms with E-state index >= 15 is 0 Å². The number of nitrogens with zero attached hydrogens (tertiary/aromatic N) is 2. The van der Waals surface area contributed by atoms with Crippen LogP contribution >= 0.6 is 11.8 Å². The molecular formula is C19H20N4O3S. The quantitative estimate of drug-likeness (QED) is 0.436. The minimum atomic E-state index is -0.0903. The third-order valence-electron chi connectivity index (χ3n) is 3.60. The summed E-state index contributed by atoms with van der Waals surface area (Å²) in [7, 11) is 1.62. The average molecular weight is 384 g/mol. The van der Waals surface area contributed by atoms with Crippen molar-refractivity contribution in [3.8, 4) is 22.9 Å². The lowest BCUT2D eigenvalue weighted by atomic mass is 10.2. The second-order valence-corrected chi connectivity index (χ2v) is 6.44. The molecule has 7 nitrogen and oxygen atoms in total. The first kappa shape index (κ1) is 18.8. The summed E-state index contributed by atoms with van der Waals surface area (Å²) in [4.78, 5) is 16.3. The number of carbonyl (C=O) groups is 1. The van der Waals surface area contributed by atoms with Crippen molar-refractivity contribution < 1.29 is 14.3 Å². The van der Waals surface area contributed by atoms with Gasteiger partial charge in [-0.1, -0.05) is 30.0 Å². The van der Waals surface area contributed by atoms with E-state index in [1.54, 1.807) is 7.11 Å². The number of ether oxygens (including phenoxy) is 2. The van der Waals surface area contributed by atoms with E-state index in [2.05, 4.69) is 20.5 Å². The molecule has 2 aromatic carbocycles. The van der Waals surface area contributed by atoms with Crippen LogP contribution in [-0.4, -0.2) is 47.1 Å². The summed E-state index contributed by atoms with van der Waals surface area (Å²) in [5, 5.41) is 10.3. The standard InChI is InChI=1S/C19H20N4O3S/c1-25-15-9-7-14(8-10-15)18-21-19(23-22-18)27-13-17(24)20-11-12-26-16-5-3-2-4-6-16/h2-10H,11-13H2,1H3,(H,20,24)(H,21,22,23). The molecule has 0 saturated carbocycles. The van der Waals surface area contributed by atoms with Crippen LogP contribution in [0.1, 0.15) is 0 Å². The molecule has 3 aromatic rings. The summed E-state index contributed by atoms with van der Waals surface area (Å²) in [6.07, 6.45) is 0. The van der Waals surface area contributed by atoms with Crippen LogP contribution in [-0.2, 0) is 4.79 Å². The van der Waals surface area contributed by atoms with E-state index in [9.17, 15) is 4.79 Å².